The Morgan fingerprint density at radius 2 is 1.60 bits per heavy atom. The van der Waals surface area contributed by atoms with Gasteiger partial charge in [-0.25, -0.2) is 4.79 Å². The predicted molar refractivity (Wildman–Crippen MR) is 83.1 cm³/mol. The third kappa shape index (κ3) is 4.97. The topological polar surface area (TPSA) is 75.6 Å². The summed E-state index contributed by atoms with van der Waals surface area (Å²) in [6.45, 7) is 1.33. The number of benzene rings is 2. The van der Waals surface area contributed by atoms with E-state index < -0.39 is 29.7 Å². The zero-order valence-corrected chi connectivity index (χ0v) is 13.0. The number of halogens is 3. The van der Waals surface area contributed by atoms with Crippen molar-refractivity contribution >= 4 is 17.6 Å². The standard InChI is InChI=1S/C17H14F3NO4/c1-10(25-16(24)11-2-8-14(22)9-3-11)15(23)21-13-6-4-12(5-7-13)17(18,19)20/h2-10,22H,1H3,(H,21,23)/t10-/m0/s1. The molecule has 132 valence electrons. The summed E-state index contributed by atoms with van der Waals surface area (Å²) in [5.41, 5.74) is -0.546. The van der Waals surface area contributed by atoms with Crippen LogP contribution in [-0.2, 0) is 15.7 Å². The van der Waals surface area contributed by atoms with Gasteiger partial charge in [0.2, 0.25) is 0 Å². The van der Waals surface area contributed by atoms with E-state index >= 15 is 0 Å². The molecule has 25 heavy (non-hydrogen) atoms. The van der Waals surface area contributed by atoms with Crippen molar-refractivity contribution in [3.8, 4) is 5.75 Å². The summed E-state index contributed by atoms with van der Waals surface area (Å²) in [6, 6.07) is 9.14. The number of hydrogen-bond donors (Lipinski definition) is 2. The van der Waals surface area contributed by atoms with Crippen molar-refractivity contribution in [3.05, 3.63) is 59.7 Å². The zero-order valence-electron chi connectivity index (χ0n) is 13.0. The molecule has 5 nitrogen and oxygen atoms in total. The number of amides is 1. The summed E-state index contributed by atoms with van der Waals surface area (Å²) in [6.07, 6.45) is -5.63. The average molecular weight is 353 g/mol. The third-order valence-electron chi connectivity index (χ3n) is 3.24. The van der Waals surface area contributed by atoms with E-state index in [1.807, 2.05) is 0 Å². The first-order valence-electron chi connectivity index (χ1n) is 7.15. The highest BCUT2D eigenvalue weighted by molar-refractivity contribution is 5.97. The van der Waals surface area contributed by atoms with Gasteiger partial charge < -0.3 is 15.2 Å². The van der Waals surface area contributed by atoms with E-state index in [9.17, 15) is 22.8 Å². The second-order valence-electron chi connectivity index (χ2n) is 5.16. The highest BCUT2D eigenvalue weighted by atomic mass is 19.4. The largest absolute Gasteiger partial charge is 0.508 e. The van der Waals surface area contributed by atoms with Crippen LogP contribution in [0.2, 0.25) is 0 Å². The Bertz CT molecular complexity index is 755. The van der Waals surface area contributed by atoms with E-state index in [0.29, 0.717) is 0 Å². The number of carbonyl (C=O) groups excluding carboxylic acids is 2. The molecule has 0 unspecified atom stereocenters. The van der Waals surface area contributed by atoms with E-state index in [1.165, 1.54) is 31.2 Å². The van der Waals surface area contributed by atoms with Gasteiger partial charge in [-0.2, -0.15) is 13.2 Å². The fourth-order valence-corrected chi connectivity index (χ4v) is 1.87. The summed E-state index contributed by atoms with van der Waals surface area (Å²) in [7, 11) is 0. The lowest BCUT2D eigenvalue weighted by molar-refractivity contribution is -0.137. The minimum absolute atomic E-state index is 0.0235. The van der Waals surface area contributed by atoms with Gasteiger partial charge in [0.1, 0.15) is 5.75 Å². The second kappa shape index (κ2) is 7.25. The van der Waals surface area contributed by atoms with Crippen LogP contribution in [0.3, 0.4) is 0 Å². The van der Waals surface area contributed by atoms with Crippen LogP contribution in [0.25, 0.3) is 0 Å². The minimum Gasteiger partial charge on any atom is -0.508 e. The first-order chi connectivity index (χ1) is 11.7. The predicted octanol–water partition coefficient (Wildman–Crippen LogP) is 3.60. The van der Waals surface area contributed by atoms with Gasteiger partial charge in [-0.1, -0.05) is 0 Å². The number of rotatable bonds is 4. The minimum atomic E-state index is -4.46. The molecule has 0 bridgehead atoms. The maximum Gasteiger partial charge on any atom is 0.416 e. The molecule has 2 rings (SSSR count). The van der Waals surface area contributed by atoms with Gasteiger partial charge in [-0.05, 0) is 55.5 Å². The van der Waals surface area contributed by atoms with Crippen LogP contribution in [0.15, 0.2) is 48.5 Å². The molecular weight excluding hydrogens is 339 g/mol. The molecule has 0 saturated carbocycles. The van der Waals surface area contributed by atoms with Crippen LogP contribution in [0.4, 0.5) is 18.9 Å². The number of ether oxygens (including phenoxy) is 1. The van der Waals surface area contributed by atoms with Crippen molar-refractivity contribution in [2.24, 2.45) is 0 Å². The van der Waals surface area contributed by atoms with Crippen molar-refractivity contribution < 1.29 is 32.6 Å². The first-order valence-corrected chi connectivity index (χ1v) is 7.15. The zero-order chi connectivity index (χ0) is 18.6. The third-order valence-corrected chi connectivity index (χ3v) is 3.24. The maximum atomic E-state index is 12.5. The fraction of sp³-hybridized carbons (Fsp3) is 0.176. The highest BCUT2D eigenvalue weighted by Gasteiger charge is 2.30. The Morgan fingerprint density at radius 3 is 2.12 bits per heavy atom. The van der Waals surface area contributed by atoms with Crippen molar-refractivity contribution in [1.29, 1.82) is 0 Å². The lowest BCUT2D eigenvalue weighted by Gasteiger charge is -2.14. The number of alkyl halides is 3. The summed E-state index contributed by atoms with van der Waals surface area (Å²) in [5.74, 6) is -1.48. The maximum absolute atomic E-state index is 12.5. The van der Waals surface area contributed by atoms with E-state index in [4.69, 9.17) is 9.84 Å². The highest BCUT2D eigenvalue weighted by Crippen LogP contribution is 2.29. The number of esters is 1. The smallest absolute Gasteiger partial charge is 0.416 e. The number of nitrogens with one attached hydrogen (secondary N) is 1. The number of aromatic hydroxyl groups is 1. The van der Waals surface area contributed by atoms with Crippen LogP contribution >= 0.6 is 0 Å². The Labute approximate surface area is 141 Å². The van der Waals surface area contributed by atoms with E-state index in [-0.39, 0.29) is 17.0 Å². The molecule has 0 spiro atoms. The lowest BCUT2D eigenvalue weighted by Crippen LogP contribution is -2.30. The van der Waals surface area contributed by atoms with Crippen LogP contribution in [0.1, 0.15) is 22.8 Å². The molecule has 2 N–H and O–H groups in total. The number of phenolic OH excluding ortho intramolecular Hbond substituents is 1. The van der Waals surface area contributed by atoms with E-state index in [2.05, 4.69) is 5.32 Å². The van der Waals surface area contributed by atoms with Crippen molar-refractivity contribution in [3.63, 3.8) is 0 Å². The normalized spacial score (nSPS) is 12.3. The number of phenols is 1. The van der Waals surface area contributed by atoms with Crippen molar-refractivity contribution in [2.75, 3.05) is 5.32 Å². The summed E-state index contributed by atoms with van der Waals surface area (Å²) < 4.78 is 42.4. The van der Waals surface area contributed by atoms with E-state index in [1.54, 1.807) is 0 Å². The molecule has 1 amide bonds. The Morgan fingerprint density at radius 1 is 1.04 bits per heavy atom. The Hall–Kier alpha value is -3.03. The fourth-order valence-electron chi connectivity index (χ4n) is 1.87. The molecule has 0 radical (unpaired) electrons. The Kier molecular flexibility index (Phi) is 5.31. The number of hydrogen-bond acceptors (Lipinski definition) is 4. The molecule has 0 saturated heterocycles. The second-order valence-corrected chi connectivity index (χ2v) is 5.16. The molecule has 0 aliphatic heterocycles. The van der Waals surface area contributed by atoms with Gasteiger partial charge in [0, 0.05) is 5.69 Å². The number of carbonyl (C=O) groups is 2. The molecule has 8 heteroatoms. The molecule has 0 aliphatic carbocycles. The summed E-state index contributed by atoms with van der Waals surface area (Å²) in [5, 5.41) is 11.5. The Balaban J connectivity index is 1.95. The summed E-state index contributed by atoms with van der Waals surface area (Å²) in [4.78, 5) is 23.8. The van der Waals surface area contributed by atoms with Crippen LogP contribution in [0.5, 0.6) is 5.75 Å². The van der Waals surface area contributed by atoms with Gasteiger partial charge in [0.15, 0.2) is 6.10 Å². The molecule has 1 atom stereocenters. The van der Waals surface area contributed by atoms with Crippen LogP contribution in [-0.4, -0.2) is 23.1 Å². The van der Waals surface area contributed by atoms with Crippen molar-refractivity contribution in [1.82, 2.24) is 0 Å². The molecule has 2 aromatic carbocycles. The van der Waals surface area contributed by atoms with Gasteiger partial charge in [0.25, 0.3) is 5.91 Å². The van der Waals surface area contributed by atoms with E-state index in [0.717, 1.165) is 24.3 Å². The first kappa shape index (κ1) is 18.3. The molecule has 0 fully saturated rings. The molecule has 0 aliphatic rings. The van der Waals surface area contributed by atoms with Crippen LogP contribution in [0, 0.1) is 0 Å². The summed E-state index contributed by atoms with van der Waals surface area (Å²) >= 11 is 0. The quantitative estimate of drug-likeness (QED) is 0.824. The van der Waals surface area contributed by atoms with Gasteiger partial charge >= 0.3 is 12.1 Å². The SMILES string of the molecule is C[C@H](OC(=O)c1ccc(O)cc1)C(=O)Nc1ccc(C(F)(F)F)cc1. The van der Waals surface area contributed by atoms with Gasteiger partial charge in [-0.15, -0.1) is 0 Å². The number of anilines is 1. The molecule has 0 heterocycles. The molecular formula is C17H14F3NO4. The monoisotopic (exact) mass is 353 g/mol. The van der Waals surface area contributed by atoms with Gasteiger partial charge in [-0.3, -0.25) is 4.79 Å². The van der Waals surface area contributed by atoms with Crippen LogP contribution < -0.4 is 5.32 Å². The van der Waals surface area contributed by atoms with Crippen molar-refractivity contribution in [2.45, 2.75) is 19.2 Å². The van der Waals surface area contributed by atoms with Gasteiger partial charge in [0.05, 0.1) is 11.1 Å². The lowest BCUT2D eigenvalue weighted by atomic mass is 10.2. The average Bonchev–Trinajstić information content (AvgIpc) is 2.55. The molecule has 0 aromatic heterocycles. The molecule has 2 aromatic rings.